The lowest BCUT2D eigenvalue weighted by atomic mass is 9.97. The second-order valence-corrected chi connectivity index (χ2v) is 9.00. The van der Waals surface area contributed by atoms with Crippen LogP contribution in [0, 0.1) is 0 Å². The second kappa shape index (κ2) is 7.02. The summed E-state index contributed by atoms with van der Waals surface area (Å²) >= 11 is 0. The van der Waals surface area contributed by atoms with Crippen molar-refractivity contribution < 1.29 is 27.3 Å². The molecule has 0 saturated heterocycles. The first-order chi connectivity index (χ1) is 11.8. The molecule has 0 spiro atoms. The number of fused-ring (bicyclic) bond motifs is 1. The number of amides is 1. The molecule has 1 aliphatic rings. The summed E-state index contributed by atoms with van der Waals surface area (Å²) in [5, 5.41) is 10.2. The summed E-state index contributed by atoms with van der Waals surface area (Å²) in [5.41, 5.74) is 0.939. The maximum absolute atomic E-state index is 12.9. The summed E-state index contributed by atoms with van der Waals surface area (Å²) in [5.74, 6) is -2.11. The number of benzene rings is 1. The van der Waals surface area contributed by atoms with E-state index in [1.54, 1.807) is 20.8 Å². The van der Waals surface area contributed by atoms with Gasteiger partial charge >= 0.3 is 12.1 Å². The van der Waals surface area contributed by atoms with Crippen LogP contribution in [-0.2, 0) is 22.2 Å². The van der Waals surface area contributed by atoms with Crippen molar-refractivity contribution in [3.05, 3.63) is 23.3 Å². The molecular formula is C17H21F3N2O3S. The van der Waals surface area contributed by atoms with Gasteiger partial charge in [-0.2, -0.15) is 17.6 Å². The molecule has 1 heterocycles. The molecule has 1 amide bonds. The highest BCUT2D eigenvalue weighted by atomic mass is 32.2. The van der Waals surface area contributed by atoms with Crippen LogP contribution < -0.4 is 4.90 Å². The number of rotatable bonds is 2. The fourth-order valence-corrected chi connectivity index (χ4v) is 3.20. The summed E-state index contributed by atoms with van der Waals surface area (Å²) in [7, 11) is -1.59. The van der Waals surface area contributed by atoms with Crippen LogP contribution in [0.2, 0.25) is 0 Å². The predicted octanol–water partition coefficient (Wildman–Crippen LogP) is 3.50. The Morgan fingerprint density at radius 1 is 1.27 bits per heavy atom. The van der Waals surface area contributed by atoms with Crippen LogP contribution in [0.25, 0.3) is 0 Å². The lowest BCUT2D eigenvalue weighted by Gasteiger charge is -2.30. The number of hydrogen-bond acceptors (Lipinski definition) is 3. The van der Waals surface area contributed by atoms with Gasteiger partial charge in [0, 0.05) is 17.8 Å². The van der Waals surface area contributed by atoms with Crippen LogP contribution in [0.5, 0.6) is 5.75 Å². The van der Waals surface area contributed by atoms with Crippen LogP contribution in [0.4, 0.5) is 18.9 Å². The molecule has 0 bridgehead atoms. The van der Waals surface area contributed by atoms with Crippen LogP contribution >= 0.6 is 0 Å². The Morgan fingerprint density at radius 2 is 1.88 bits per heavy atom. The molecule has 0 radical (unpaired) electrons. The van der Waals surface area contributed by atoms with Gasteiger partial charge in [-0.1, -0.05) is 0 Å². The molecule has 1 unspecified atom stereocenters. The summed E-state index contributed by atoms with van der Waals surface area (Å²) in [6, 6.07) is 2.66. The Labute approximate surface area is 152 Å². The van der Waals surface area contributed by atoms with Gasteiger partial charge in [0.25, 0.3) is 0 Å². The number of phenolic OH excluding ortho intramolecular Hbond substituents is 1. The van der Waals surface area contributed by atoms with E-state index >= 15 is 0 Å². The van der Waals surface area contributed by atoms with Crippen molar-refractivity contribution in [3.8, 4) is 5.75 Å². The van der Waals surface area contributed by atoms with E-state index in [-0.39, 0.29) is 29.3 Å². The van der Waals surface area contributed by atoms with Crippen LogP contribution in [0.1, 0.15) is 45.2 Å². The molecule has 0 saturated carbocycles. The summed E-state index contributed by atoms with van der Waals surface area (Å²) in [6.45, 7) is 6.66. The monoisotopic (exact) mass is 390 g/mol. The second-order valence-electron chi connectivity index (χ2n) is 7.09. The smallest absolute Gasteiger partial charge is 0.471 e. The van der Waals surface area contributed by atoms with Crippen molar-refractivity contribution in [1.29, 1.82) is 0 Å². The Hall–Kier alpha value is -1.90. The highest BCUT2D eigenvalue weighted by Crippen LogP contribution is 2.36. The van der Waals surface area contributed by atoms with E-state index < -0.39 is 27.8 Å². The number of aryl methyl sites for hydroxylation is 1. The molecule has 0 aliphatic carbocycles. The third-order valence-electron chi connectivity index (χ3n) is 3.94. The third kappa shape index (κ3) is 4.25. The average Bonchev–Trinajstić information content (AvgIpc) is 2.50. The molecular weight excluding hydrogens is 369 g/mol. The summed E-state index contributed by atoms with van der Waals surface area (Å²) < 4.78 is 54.2. The number of phenols is 1. The first kappa shape index (κ1) is 20.4. The number of halogens is 3. The van der Waals surface area contributed by atoms with Crippen molar-refractivity contribution >= 4 is 28.3 Å². The molecule has 0 aromatic heterocycles. The minimum Gasteiger partial charge on any atom is -0.507 e. The molecule has 144 valence electrons. The highest BCUT2D eigenvalue weighted by molar-refractivity contribution is 7.85. The third-order valence-corrected chi connectivity index (χ3v) is 5.42. The first-order valence-electron chi connectivity index (χ1n) is 8.04. The lowest BCUT2D eigenvalue weighted by Crippen LogP contribution is -2.44. The Balaban J connectivity index is 2.51. The molecule has 1 aromatic carbocycles. The molecule has 1 aliphatic heterocycles. The van der Waals surface area contributed by atoms with Gasteiger partial charge in [0.15, 0.2) is 0 Å². The number of anilines is 1. The molecule has 26 heavy (non-hydrogen) atoms. The fraction of sp³-hybridized carbons (Fsp3) is 0.529. The van der Waals surface area contributed by atoms with E-state index in [1.165, 1.54) is 19.1 Å². The van der Waals surface area contributed by atoms with Gasteiger partial charge < -0.3 is 10.0 Å². The van der Waals surface area contributed by atoms with Gasteiger partial charge in [0.1, 0.15) is 16.7 Å². The number of carbonyl (C=O) groups is 1. The van der Waals surface area contributed by atoms with E-state index in [1.807, 2.05) is 0 Å². The molecule has 2 rings (SSSR count). The zero-order chi connectivity index (χ0) is 19.9. The maximum Gasteiger partial charge on any atom is 0.471 e. The van der Waals surface area contributed by atoms with Crippen molar-refractivity contribution in [2.45, 2.75) is 51.5 Å². The van der Waals surface area contributed by atoms with Gasteiger partial charge in [-0.15, -0.1) is 0 Å². The maximum atomic E-state index is 12.9. The zero-order valence-electron chi connectivity index (χ0n) is 15.0. The van der Waals surface area contributed by atoms with Gasteiger partial charge in [0.05, 0.1) is 10.5 Å². The SMILES string of the molecule is CC(=NS(=O)C(C)(C)C)c1cc2c(cc1O)CCCN2C(=O)C(F)(F)F. The van der Waals surface area contributed by atoms with E-state index in [0.29, 0.717) is 23.3 Å². The fourth-order valence-electron chi connectivity index (χ4n) is 2.58. The standard InChI is InChI=1S/C17H21F3N2O3S/c1-10(21-26(25)16(2,3)4)12-9-13-11(8-14(12)23)6-5-7-22(13)15(24)17(18,19)20/h8-9,23H,5-7H2,1-4H3. The van der Waals surface area contributed by atoms with Crippen molar-refractivity contribution in [1.82, 2.24) is 0 Å². The topological polar surface area (TPSA) is 70.0 Å². The number of aromatic hydroxyl groups is 1. The first-order valence-corrected chi connectivity index (χ1v) is 9.15. The number of carbonyl (C=O) groups excluding carboxylic acids is 1. The number of nitrogens with zero attached hydrogens (tertiary/aromatic N) is 2. The molecule has 1 N–H and O–H groups in total. The minimum atomic E-state index is -4.98. The van der Waals surface area contributed by atoms with Crippen LogP contribution in [-0.4, -0.2) is 38.4 Å². The largest absolute Gasteiger partial charge is 0.507 e. The van der Waals surface area contributed by atoms with Crippen molar-refractivity contribution in [2.24, 2.45) is 4.40 Å². The van der Waals surface area contributed by atoms with E-state index in [2.05, 4.69) is 4.40 Å². The van der Waals surface area contributed by atoms with Gasteiger partial charge in [0.2, 0.25) is 0 Å². The van der Waals surface area contributed by atoms with Gasteiger partial charge in [-0.3, -0.25) is 4.79 Å². The molecule has 0 fully saturated rings. The highest BCUT2D eigenvalue weighted by Gasteiger charge is 2.44. The van der Waals surface area contributed by atoms with E-state index in [9.17, 15) is 27.3 Å². The zero-order valence-corrected chi connectivity index (χ0v) is 15.8. The number of hydrogen-bond donors (Lipinski definition) is 1. The van der Waals surface area contributed by atoms with E-state index in [4.69, 9.17) is 0 Å². The normalized spacial score (nSPS) is 17.0. The van der Waals surface area contributed by atoms with Crippen molar-refractivity contribution in [3.63, 3.8) is 0 Å². The average molecular weight is 390 g/mol. The minimum absolute atomic E-state index is 0.0559. The lowest BCUT2D eigenvalue weighted by molar-refractivity contribution is -0.170. The van der Waals surface area contributed by atoms with Crippen molar-refractivity contribution in [2.75, 3.05) is 11.4 Å². The molecule has 1 atom stereocenters. The molecule has 5 nitrogen and oxygen atoms in total. The Bertz CT molecular complexity index is 783. The van der Waals surface area contributed by atoms with E-state index in [0.717, 1.165) is 0 Å². The summed E-state index contributed by atoms with van der Waals surface area (Å²) in [4.78, 5) is 12.4. The van der Waals surface area contributed by atoms with Crippen LogP contribution in [0.15, 0.2) is 16.5 Å². The summed E-state index contributed by atoms with van der Waals surface area (Å²) in [6.07, 6.45) is -4.16. The van der Waals surface area contributed by atoms with Crippen LogP contribution in [0.3, 0.4) is 0 Å². The Kier molecular flexibility index (Phi) is 5.51. The predicted molar refractivity (Wildman–Crippen MR) is 94.9 cm³/mol. The van der Waals surface area contributed by atoms with Gasteiger partial charge in [-0.25, -0.2) is 4.21 Å². The molecule has 9 heteroatoms. The quantitative estimate of drug-likeness (QED) is 0.786. The molecule has 1 aromatic rings. The Morgan fingerprint density at radius 3 is 2.42 bits per heavy atom. The van der Waals surface area contributed by atoms with Gasteiger partial charge in [-0.05, 0) is 58.2 Å². The number of alkyl halides is 3.